The maximum absolute atomic E-state index is 11.1. The molecule has 4 heteroatoms. The van der Waals surface area contributed by atoms with E-state index in [0.717, 1.165) is 0 Å². The molecule has 0 rings (SSSR count). The minimum absolute atomic E-state index is 0.0790. The monoisotopic (exact) mass is 202 g/mol. The Morgan fingerprint density at radius 3 is 2.00 bits per heavy atom. The highest BCUT2D eigenvalue weighted by Gasteiger charge is 2.16. The lowest BCUT2D eigenvalue weighted by molar-refractivity contribution is -0.155. The van der Waals surface area contributed by atoms with E-state index in [9.17, 15) is 9.59 Å². The third-order valence-electron chi connectivity index (χ3n) is 1.26. The van der Waals surface area contributed by atoms with Gasteiger partial charge in [0.25, 0.3) is 0 Å². The summed E-state index contributed by atoms with van der Waals surface area (Å²) in [5, 5.41) is 0. The van der Waals surface area contributed by atoms with Crippen molar-refractivity contribution in [3.05, 3.63) is 0 Å². The van der Waals surface area contributed by atoms with Crippen molar-refractivity contribution in [2.24, 2.45) is 5.41 Å². The number of carbonyl (C=O) groups excluding carboxylic acids is 2. The molecule has 0 atom stereocenters. The first-order valence-corrected chi connectivity index (χ1v) is 4.66. The summed E-state index contributed by atoms with van der Waals surface area (Å²) in [6.07, 6.45) is -0.302. The van der Waals surface area contributed by atoms with Crippen molar-refractivity contribution in [1.29, 1.82) is 0 Å². The quantitative estimate of drug-likeness (QED) is 0.512. The molecule has 0 saturated carbocycles. The molecule has 0 bridgehead atoms. The van der Waals surface area contributed by atoms with Crippen LogP contribution in [-0.4, -0.2) is 25.2 Å². The average Bonchev–Trinajstić information content (AvgIpc) is 2.00. The van der Waals surface area contributed by atoms with Gasteiger partial charge in [0.2, 0.25) is 0 Å². The Balaban J connectivity index is 3.71. The van der Waals surface area contributed by atoms with E-state index < -0.39 is 11.9 Å². The summed E-state index contributed by atoms with van der Waals surface area (Å²) in [5.41, 5.74) is -0.0790. The van der Waals surface area contributed by atoms with Gasteiger partial charge in [-0.1, -0.05) is 20.8 Å². The van der Waals surface area contributed by atoms with Crippen LogP contribution in [0.5, 0.6) is 0 Å². The minimum atomic E-state index is -0.536. The van der Waals surface area contributed by atoms with Gasteiger partial charge in [0.05, 0.1) is 13.2 Å². The Morgan fingerprint density at radius 2 is 1.57 bits per heavy atom. The van der Waals surface area contributed by atoms with E-state index in [-0.39, 0.29) is 18.4 Å². The van der Waals surface area contributed by atoms with E-state index >= 15 is 0 Å². The van der Waals surface area contributed by atoms with Crippen LogP contribution in [-0.2, 0) is 19.1 Å². The predicted octanol–water partition coefficient (Wildman–Crippen LogP) is 1.53. The molecule has 0 unspecified atom stereocenters. The molecule has 0 aromatic heterocycles. The highest BCUT2D eigenvalue weighted by molar-refractivity contribution is 5.91. The Kier molecular flexibility index (Phi) is 5.20. The molecule has 4 nitrogen and oxygen atoms in total. The van der Waals surface area contributed by atoms with E-state index in [1.165, 1.54) is 0 Å². The zero-order valence-corrected chi connectivity index (χ0v) is 9.25. The largest absolute Gasteiger partial charge is 0.466 e. The molecule has 0 heterocycles. The van der Waals surface area contributed by atoms with E-state index in [4.69, 9.17) is 4.74 Å². The van der Waals surface area contributed by atoms with Crippen LogP contribution in [0, 0.1) is 5.41 Å². The molecule has 0 radical (unpaired) electrons. The van der Waals surface area contributed by atoms with Gasteiger partial charge in [-0.15, -0.1) is 0 Å². The number of esters is 2. The van der Waals surface area contributed by atoms with Gasteiger partial charge >= 0.3 is 11.9 Å². The lowest BCUT2D eigenvalue weighted by Gasteiger charge is -2.17. The maximum atomic E-state index is 11.1. The summed E-state index contributed by atoms with van der Waals surface area (Å²) in [7, 11) is 0. The first-order chi connectivity index (χ1) is 6.35. The van der Waals surface area contributed by atoms with Gasteiger partial charge in [0, 0.05) is 0 Å². The fraction of sp³-hybridized carbons (Fsp3) is 0.800. The zero-order valence-electron chi connectivity index (χ0n) is 9.25. The Labute approximate surface area is 84.6 Å². The number of hydrogen-bond acceptors (Lipinski definition) is 4. The van der Waals surface area contributed by atoms with Crippen LogP contribution >= 0.6 is 0 Å². The second-order valence-corrected chi connectivity index (χ2v) is 4.20. The smallest absolute Gasteiger partial charge is 0.317 e. The number of ether oxygens (including phenoxy) is 2. The van der Waals surface area contributed by atoms with Gasteiger partial charge < -0.3 is 9.47 Å². The Bertz CT molecular complexity index is 203. The molecule has 0 aliphatic rings. The second kappa shape index (κ2) is 5.62. The highest BCUT2D eigenvalue weighted by atomic mass is 16.6. The lowest BCUT2D eigenvalue weighted by Crippen LogP contribution is -2.20. The van der Waals surface area contributed by atoms with Crippen LogP contribution in [0.3, 0.4) is 0 Å². The number of carbonyl (C=O) groups is 2. The Morgan fingerprint density at radius 1 is 1.07 bits per heavy atom. The van der Waals surface area contributed by atoms with Crippen molar-refractivity contribution in [2.45, 2.75) is 34.1 Å². The molecule has 14 heavy (non-hydrogen) atoms. The lowest BCUT2D eigenvalue weighted by atomic mass is 9.99. The molecule has 0 aliphatic carbocycles. The van der Waals surface area contributed by atoms with Gasteiger partial charge in [-0.3, -0.25) is 9.59 Å². The minimum Gasteiger partial charge on any atom is -0.466 e. The SMILES string of the molecule is CCOC(=O)CC(=O)OCC(C)(C)C. The van der Waals surface area contributed by atoms with Crippen LogP contribution < -0.4 is 0 Å². The van der Waals surface area contributed by atoms with Crippen molar-refractivity contribution in [1.82, 2.24) is 0 Å². The maximum Gasteiger partial charge on any atom is 0.317 e. The van der Waals surface area contributed by atoms with Crippen molar-refractivity contribution in [2.75, 3.05) is 13.2 Å². The van der Waals surface area contributed by atoms with Crippen molar-refractivity contribution in [3.63, 3.8) is 0 Å². The molecule has 0 spiro atoms. The van der Waals surface area contributed by atoms with Gasteiger partial charge in [0.15, 0.2) is 0 Å². The number of rotatable bonds is 4. The normalized spacial score (nSPS) is 10.9. The zero-order chi connectivity index (χ0) is 11.2. The summed E-state index contributed by atoms with van der Waals surface area (Å²) in [5.74, 6) is -1.07. The van der Waals surface area contributed by atoms with E-state index in [1.54, 1.807) is 6.92 Å². The molecule has 0 amide bonds. The fourth-order valence-corrected chi connectivity index (χ4v) is 0.678. The van der Waals surface area contributed by atoms with Gasteiger partial charge in [0.1, 0.15) is 6.42 Å². The molecular weight excluding hydrogens is 184 g/mol. The van der Waals surface area contributed by atoms with E-state index in [0.29, 0.717) is 6.61 Å². The van der Waals surface area contributed by atoms with E-state index in [1.807, 2.05) is 20.8 Å². The first-order valence-electron chi connectivity index (χ1n) is 4.66. The van der Waals surface area contributed by atoms with Gasteiger partial charge in [-0.2, -0.15) is 0 Å². The number of hydrogen-bond donors (Lipinski definition) is 0. The molecule has 0 saturated heterocycles. The first kappa shape index (κ1) is 12.9. The predicted molar refractivity (Wildman–Crippen MR) is 51.7 cm³/mol. The topological polar surface area (TPSA) is 52.6 Å². The summed E-state index contributed by atoms with van der Waals surface area (Å²) in [4.78, 5) is 21.9. The summed E-state index contributed by atoms with van der Waals surface area (Å²) < 4.78 is 9.49. The summed E-state index contributed by atoms with van der Waals surface area (Å²) >= 11 is 0. The van der Waals surface area contributed by atoms with Crippen LogP contribution in [0.2, 0.25) is 0 Å². The third-order valence-corrected chi connectivity index (χ3v) is 1.26. The van der Waals surface area contributed by atoms with Crippen molar-refractivity contribution in [3.8, 4) is 0 Å². The Hall–Kier alpha value is -1.06. The fourth-order valence-electron chi connectivity index (χ4n) is 0.678. The molecule has 0 aromatic carbocycles. The average molecular weight is 202 g/mol. The van der Waals surface area contributed by atoms with E-state index in [2.05, 4.69) is 4.74 Å². The van der Waals surface area contributed by atoms with Crippen molar-refractivity contribution < 1.29 is 19.1 Å². The molecule has 0 N–H and O–H groups in total. The molecule has 0 aliphatic heterocycles. The highest BCUT2D eigenvalue weighted by Crippen LogP contribution is 2.13. The van der Waals surface area contributed by atoms with Gasteiger partial charge in [-0.05, 0) is 12.3 Å². The molecule has 0 fully saturated rings. The third kappa shape index (κ3) is 7.58. The van der Waals surface area contributed by atoms with Crippen molar-refractivity contribution >= 4 is 11.9 Å². The van der Waals surface area contributed by atoms with Crippen LogP contribution in [0.1, 0.15) is 34.1 Å². The summed E-state index contributed by atoms with van der Waals surface area (Å²) in [6.45, 7) is 8.13. The molecular formula is C10H18O4. The molecule has 82 valence electrons. The second-order valence-electron chi connectivity index (χ2n) is 4.20. The van der Waals surface area contributed by atoms with Crippen LogP contribution in [0.25, 0.3) is 0 Å². The van der Waals surface area contributed by atoms with Crippen LogP contribution in [0.4, 0.5) is 0 Å². The molecule has 0 aromatic rings. The van der Waals surface area contributed by atoms with Gasteiger partial charge in [-0.25, -0.2) is 0 Å². The summed E-state index contributed by atoms with van der Waals surface area (Å²) in [6, 6.07) is 0. The van der Waals surface area contributed by atoms with Crippen LogP contribution in [0.15, 0.2) is 0 Å². The standard InChI is InChI=1S/C10H18O4/c1-5-13-8(11)6-9(12)14-7-10(2,3)4/h5-7H2,1-4H3.